The van der Waals surface area contributed by atoms with E-state index in [-0.39, 0.29) is 19.6 Å². The number of carbonyl (C=O) groups is 2. The van der Waals surface area contributed by atoms with Gasteiger partial charge in [-0.3, -0.25) is 9.59 Å². The molecule has 0 aromatic rings. The molecule has 0 aliphatic carbocycles. The fourth-order valence-electron chi connectivity index (χ4n) is 0.937. The van der Waals surface area contributed by atoms with Crippen LogP contribution in [0.2, 0.25) is 0 Å². The summed E-state index contributed by atoms with van der Waals surface area (Å²) in [6.45, 7) is 5.80. The van der Waals surface area contributed by atoms with Gasteiger partial charge >= 0.3 is 11.9 Å². The van der Waals surface area contributed by atoms with E-state index in [1.807, 2.05) is 13.8 Å². The lowest BCUT2D eigenvalue weighted by atomic mass is 10.4. The predicted molar refractivity (Wildman–Crippen MR) is 59.5 cm³/mol. The van der Waals surface area contributed by atoms with Gasteiger partial charge in [-0.25, -0.2) is 0 Å². The van der Waals surface area contributed by atoms with Crippen LogP contribution in [0.4, 0.5) is 0 Å². The zero-order valence-electron chi connectivity index (χ0n) is 10.4. The number of hydrogen-bond donors (Lipinski definition) is 0. The van der Waals surface area contributed by atoms with E-state index in [9.17, 15) is 9.59 Å². The van der Waals surface area contributed by atoms with Gasteiger partial charge in [0.15, 0.2) is 0 Å². The summed E-state index contributed by atoms with van der Waals surface area (Å²) < 4.78 is 19.4. The molecule has 17 heavy (non-hydrogen) atoms. The van der Waals surface area contributed by atoms with Gasteiger partial charge in [-0.1, -0.05) is 0 Å². The quantitative estimate of drug-likeness (QED) is 0.319. The van der Waals surface area contributed by atoms with Crippen molar-refractivity contribution in [2.24, 2.45) is 0 Å². The molecule has 6 nitrogen and oxygen atoms in total. The first-order valence-electron chi connectivity index (χ1n) is 5.67. The van der Waals surface area contributed by atoms with Crippen molar-refractivity contribution >= 4 is 11.9 Å². The molecule has 0 saturated heterocycles. The van der Waals surface area contributed by atoms with Gasteiger partial charge < -0.3 is 18.9 Å². The van der Waals surface area contributed by atoms with E-state index in [0.717, 1.165) is 0 Å². The van der Waals surface area contributed by atoms with E-state index in [1.165, 1.54) is 0 Å². The Labute approximate surface area is 101 Å². The Morgan fingerprint density at radius 3 is 1.53 bits per heavy atom. The van der Waals surface area contributed by atoms with Crippen LogP contribution >= 0.6 is 0 Å². The summed E-state index contributed by atoms with van der Waals surface area (Å²) in [6.07, 6.45) is -0.377. The van der Waals surface area contributed by atoms with Crippen molar-refractivity contribution < 1.29 is 28.5 Å². The Balaban J connectivity index is 3.42. The first kappa shape index (κ1) is 15.9. The predicted octanol–water partition coefficient (Wildman–Crippen LogP) is 0.536. The van der Waals surface area contributed by atoms with Gasteiger partial charge in [0, 0.05) is 13.2 Å². The number of esters is 2. The van der Waals surface area contributed by atoms with Crippen molar-refractivity contribution in [3.63, 3.8) is 0 Å². The second kappa shape index (κ2) is 11.3. The van der Waals surface area contributed by atoms with Gasteiger partial charge in [0.1, 0.15) is 19.6 Å². The van der Waals surface area contributed by atoms with Crippen LogP contribution in [0.3, 0.4) is 0 Å². The minimum atomic E-state index is -0.605. The monoisotopic (exact) mass is 248 g/mol. The molecule has 0 spiro atoms. The molecule has 6 heteroatoms. The summed E-state index contributed by atoms with van der Waals surface area (Å²) in [6, 6.07) is 0. The summed E-state index contributed by atoms with van der Waals surface area (Å²) in [7, 11) is 0. The molecule has 0 radical (unpaired) electrons. The van der Waals surface area contributed by atoms with Crippen molar-refractivity contribution in [3.05, 3.63) is 0 Å². The van der Waals surface area contributed by atoms with Crippen molar-refractivity contribution in [1.82, 2.24) is 0 Å². The van der Waals surface area contributed by atoms with Crippen LogP contribution in [0, 0.1) is 0 Å². The highest BCUT2D eigenvalue weighted by Crippen LogP contribution is 1.91. The smallest absolute Gasteiger partial charge is 0.317 e. The fourth-order valence-corrected chi connectivity index (χ4v) is 0.937. The first-order valence-corrected chi connectivity index (χ1v) is 5.67. The molecular weight excluding hydrogens is 228 g/mol. The zero-order chi connectivity index (χ0) is 12.9. The molecule has 0 aliphatic heterocycles. The summed E-state index contributed by atoms with van der Waals surface area (Å²) in [4.78, 5) is 22.2. The summed E-state index contributed by atoms with van der Waals surface area (Å²) in [5.74, 6) is -1.21. The molecule has 0 rings (SSSR count). The molecule has 0 unspecified atom stereocenters. The van der Waals surface area contributed by atoms with E-state index < -0.39 is 11.9 Å². The van der Waals surface area contributed by atoms with Crippen LogP contribution in [0.25, 0.3) is 0 Å². The van der Waals surface area contributed by atoms with E-state index >= 15 is 0 Å². The molecule has 0 heterocycles. The van der Waals surface area contributed by atoms with Gasteiger partial charge in [-0.15, -0.1) is 0 Å². The maximum absolute atomic E-state index is 11.1. The van der Waals surface area contributed by atoms with Crippen molar-refractivity contribution in [1.29, 1.82) is 0 Å². The summed E-state index contributed by atoms with van der Waals surface area (Å²) in [5.41, 5.74) is 0. The molecule has 0 saturated carbocycles. The van der Waals surface area contributed by atoms with Crippen LogP contribution in [0.5, 0.6) is 0 Å². The molecule has 0 fully saturated rings. The van der Waals surface area contributed by atoms with Gasteiger partial charge in [-0.05, 0) is 13.8 Å². The molecule has 0 aliphatic rings. The maximum atomic E-state index is 11.1. The maximum Gasteiger partial charge on any atom is 0.317 e. The van der Waals surface area contributed by atoms with Crippen molar-refractivity contribution in [2.45, 2.75) is 20.3 Å². The lowest BCUT2D eigenvalue weighted by Gasteiger charge is -2.06. The molecule has 0 aromatic carbocycles. The second-order valence-electron chi connectivity index (χ2n) is 3.01. The van der Waals surface area contributed by atoms with E-state index in [2.05, 4.69) is 0 Å². The van der Waals surface area contributed by atoms with Crippen molar-refractivity contribution in [3.8, 4) is 0 Å². The highest BCUT2D eigenvalue weighted by atomic mass is 16.6. The summed E-state index contributed by atoms with van der Waals surface area (Å²) in [5, 5.41) is 0. The standard InChI is InChI=1S/C11H20O6/c1-3-14-5-7-16-10(12)9-11(13)17-8-6-15-4-2/h3-9H2,1-2H3. The van der Waals surface area contributed by atoms with E-state index in [1.54, 1.807) is 0 Å². The largest absolute Gasteiger partial charge is 0.463 e. The number of rotatable bonds is 10. The third kappa shape index (κ3) is 11.1. The molecule has 0 bridgehead atoms. The zero-order valence-corrected chi connectivity index (χ0v) is 10.4. The summed E-state index contributed by atoms with van der Waals surface area (Å²) >= 11 is 0. The number of carbonyl (C=O) groups excluding carboxylic acids is 2. The average molecular weight is 248 g/mol. The normalized spacial score (nSPS) is 10.0. The number of hydrogen-bond acceptors (Lipinski definition) is 6. The Hall–Kier alpha value is -1.14. The SMILES string of the molecule is CCOCCOC(=O)CC(=O)OCCOCC. The Kier molecular flexibility index (Phi) is 10.6. The van der Waals surface area contributed by atoms with E-state index in [0.29, 0.717) is 26.4 Å². The Morgan fingerprint density at radius 1 is 0.765 bits per heavy atom. The molecular formula is C11H20O6. The average Bonchev–Trinajstić information content (AvgIpc) is 2.30. The fraction of sp³-hybridized carbons (Fsp3) is 0.818. The van der Waals surface area contributed by atoms with Crippen LogP contribution in [-0.2, 0) is 28.5 Å². The highest BCUT2D eigenvalue weighted by Gasteiger charge is 2.11. The number of ether oxygens (including phenoxy) is 4. The molecule has 0 aromatic heterocycles. The van der Waals surface area contributed by atoms with Crippen LogP contribution < -0.4 is 0 Å². The molecule has 0 amide bonds. The van der Waals surface area contributed by atoms with Crippen LogP contribution in [0.1, 0.15) is 20.3 Å². The first-order chi connectivity index (χ1) is 8.20. The molecule has 0 atom stereocenters. The topological polar surface area (TPSA) is 71.1 Å². The lowest BCUT2D eigenvalue weighted by Crippen LogP contribution is -2.17. The minimum absolute atomic E-state index is 0.152. The van der Waals surface area contributed by atoms with Gasteiger partial charge in [0.25, 0.3) is 0 Å². The lowest BCUT2D eigenvalue weighted by molar-refractivity contribution is -0.156. The van der Waals surface area contributed by atoms with Crippen LogP contribution in [-0.4, -0.2) is 51.6 Å². The van der Waals surface area contributed by atoms with Crippen LogP contribution in [0.15, 0.2) is 0 Å². The molecule has 100 valence electrons. The Morgan fingerprint density at radius 2 is 1.18 bits per heavy atom. The van der Waals surface area contributed by atoms with Gasteiger partial charge in [0.2, 0.25) is 0 Å². The minimum Gasteiger partial charge on any atom is -0.463 e. The van der Waals surface area contributed by atoms with Gasteiger partial charge in [-0.2, -0.15) is 0 Å². The van der Waals surface area contributed by atoms with E-state index in [4.69, 9.17) is 18.9 Å². The second-order valence-corrected chi connectivity index (χ2v) is 3.01. The third-order valence-corrected chi connectivity index (χ3v) is 1.68. The van der Waals surface area contributed by atoms with Gasteiger partial charge in [0.05, 0.1) is 13.2 Å². The highest BCUT2D eigenvalue weighted by molar-refractivity contribution is 5.91. The third-order valence-electron chi connectivity index (χ3n) is 1.68. The Bertz CT molecular complexity index is 194. The van der Waals surface area contributed by atoms with Crippen molar-refractivity contribution in [2.75, 3.05) is 39.6 Å². The molecule has 0 N–H and O–H groups in total.